The normalized spacial score (nSPS) is 16.8. The lowest BCUT2D eigenvalue weighted by molar-refractivity contribution is -0.152. The number of methoxy groups -OCH3 is 2. The SMILES string of the molecule is COC(CC(C)(C)OCCC(C)(C)Oc1cc(Cl)cc(NC(=O)NCc2ccc3c(c2)CN(C2CCC(=O)NC2=O)C3=O)c1)OC. The highest BCUT2D eigenvalue weighted by Gasteiger charge is 2.39. The molecule has 1 unspecified atom stereocenters. The molecule has 5 amide bonds. The molecule has 13 heteroatoms. The monoisotopic (exact) mass is 658 g/mol. The van der Waals surface area contributed by atoms with Crippen molar-refractivity contribution in [3.05, 3.63) is 58.1 Å². The van der Waals surface area contributed by atoms with Crippen LogP contribution in [0.3, 0.4) is 0 Å². The summed E-state index contributed by atoms with van der Waals surface area (Å²) in [6.07, 6.45) is 1.30. The molecular weight excluding hydrogens is 616 g/mol. The number of amides is 5. The van der Waals surface area contributed by atoms with Crippen molar-refractivity contribution < 1.29 is 38.1 Å². The fraction of sp³-hybridized carbons (Fsp3) is 0.515. The quantitative estimate of drug-likeness (QED) is 0.194. The number of nitrogens with zero attached hydrogens (tertiary/aromatic N) is 1. The van der Waals surface area contributed by atoms with Gasteiger partial charge in [-0.05, 0) is 63.4 Å². The molecule has 2 aromatic carbocycles. The zero-order chi connectivity index (χ0) is 33.6. The Morgan fingerprint density at radius 3 is 2.50 bits per heavy atom. The van der Waals surface area contributed by atoms with Crippen LogP contribution in [0.25, 0.3) is 0 Å². The molecule has 0 saturated carbocycles. The highest BCUT2D eigenvalue weighted by atomic mass is 35.5. The molecule has 2 heterocycles. The number of anilines is 1. The molecule has 0 spiro atoms. The molecular formula is C33H43ClN4O8. The lowest BCUT2D eigenvalue weighted by Crippen LogP contribution is -2.52. The van der Waals surface area contributed by atoms with Gasteiger partial charge in [-0.15, -0.1) is 0 Å². The Bertz CT molecular complexity index is 1460. The molecule has 250 valence electrons. The zero-order valence-electron chi connectivity index (χ0n) is 27.2. The molecule has 12 nitrogen and oxygen atoms in total. The summed E-state index contributed by atoms with van der Waals surface area (Å²) in [6, 6.07) is 9.17. The fourth-order valence-electron chi connectivity index (χ4n) is 5.46. The summed E-state index contributed by atoms with van der Waals surface area (Å²) in [5.41, 5.74) is 1.46. The van der Waals surface area contributed by atoms with Crippen LogP contribution in [0.4, 0.5) is 10.5 Å². The number of hydrogen-bond donors (Lipinski definition) is 3. The van der Waals surface area contributed by atoms with Crippen LogP contribution in [0, 0.1) is 0 Å². The van der Waals surface area contributed by atoms with Gasteiger partial charge in [0.2, 0.25) is 11.8 Å². The number of halogens is 1. The maximum atomic E-state index is 12.9. The van der Waals surface area contributed by atoms with Gasteiger partial charge in [0.1, 0.15) is 17.4 Å². The van der Waals surface area contributed by atoms with Gasteiger partial charge >= 0.3 is 6.03 Å². The van der Waals surface area contributed by atoms with Crippen molar-refractivity contribution in [2.24, 2.45) is 0 Å². The first-order valence-corrected chi connectivity index (χ1v) is 15.6. The number of hydrogen-bond acceptors (Lipinski definition) is 8. The second-order valence-corrected chi connectivity index (χ2v) is 13.1. The minimum atomic E-state index is -0.683. The molecule has 46 heavy (non-hydrogen) atoms. The fourth-order valence-corrected chi connectivity index (χ4v) is 5.68. The van der Waals surface area contributed by atoms with E-state index in [1.807, 2.05) is 33.8 Å². The molecule has 4 rings (SSSR count). The first-order chi connectivity index (χ1) is 21.7. The topological polar surface area (TPSA) is 145 Å². The molecule has 2 aliphatic heterocycles. The number of rotatable bonds is 14. The predicted octanol–water partition coefficient (Wildman–Crippen LogP) is 4.77. The van der Waals surface area contributed by atoms with Crippen LogP contribution in [0.15, 0.2) is 36.4 Å². The lowest BCUT2D eigenvalue weighted by Gasteiger charge is -2.31. The number of urea groups is 1. The third-order valence-corrected chi connectivity index (χ3v) is 8.16. The van der Waals surface area contributed by atoms with E-state index >= 15 is 0 Å². The van der Waals surface area contributed by atoms with Crippen LogP contribution in [0.5, 0.6) is 5.75 Å². The Morgan fingerprint density at radius 2 is 1.80 bits per heavy atom. The van der Waals surface area contributed by atoms with E-state index in [4.69, 9.17) is 30.5 Å². The van der Waals surface area contributed by atoms with Crippen LogP contribution in [-0.4, -0.2) is 73.0 Å². The first kappa shape index (κ1) is 35.1. The van der Waals surface area contributed by atoms with Gasteiger partial charge < -0.3 is 34.5 Å². The number of nitrogens with one attached hydrogen (secondary N) is 3. The van der Waals surface area contributed by atoms with Crippen LogP contribution < -0.4 is 20.7 Å². The maximum absolute atomic E-state index is 12.9. The molecule has 1 atom stereocenters. The lowest BCUT2D eigenvalue weighted by atomic mass is 10.0. The van der Waals surface area contributed by atoms with Crippen molar-refractivity contribution in [1.29, 1.82) is 0 Å². The van der Waals surface area contributed by atoms with Gasteiger partial charge in [-0.1, -0.05) is 23.7 Å². The number of carbonyl (C=O) groups is 4. The van der Waals surface area contributed by atoms with E-state index in [0.717, 1.165) is 11.1 Å². The number of piperidine rings is 1. The summed E-state index contributed by atoms with van der Waals surface area (Å²) in [7, 11) is 3.19. The molecule has 2 aromatic rings. The van der Waals surface area contributed by atoms with E-state index in [2.05, 4.69) is 16.0 Å². The molecule has 0 bridgehead atoms. The van der Waals surface area contributed by atoms with E-state index < -0.39 is 29.2 Å². The molecule has 1 fully saturated rings. The Balaban J connectivity index is 1.29. The van der Waals surface area contributed by atoms with Crippen LogP contribution >= 0.6 is 11.6 Å². The van der Waals surface area contributed by atoms with Crippen molar-refractivity contribution in [2.45, 2.75) is 90.0 Å². The Labute approximate surface area is 274 Å². The minimum Gasteiger partial charge on any atom is -0.488 e. The molecule has 0 aliphatic carbocycles. The number of benzene rings is 2. The first-order valence-electron chi connectivity index (χ1n) is 15.2. The second kappa shape index (κ2) is 14.8. The van der Waals surface area contributed by atoms with Crippen molar-refractivity contribution in [3.63, 3.8) is 0 Å². The molecule has 0 radical (unpaired) electrons. The Kier molecular flexibility index (Phi) is 11.3. The highest BCUT2D eigenvalue weighted by molar-refractivity contribution is 6.31. The number of imide groups is 1. The summed E-state index contributed by atoms with van der Waals surface area (Å²) in [4.78, 5) is 51.0. The molecule has 1 saturated heterocycles. The zero-order valence-corrected chi connectivity index (χ0v) is 27.9. The Morgan fingerprint density at radius 1 is 1.07 bits per heavy atom. The van der Waals surface area contributed by atoms with E-state index in [1.165, 1.54) is 4.90 Å². The summed E-state index contributed by atoms with van der Waals surface area (Å²) >= 11 is 6.35. The van der Waals surface area contributed by atoms with Gasteiger partial charge in [0.25, 0.3) is 5.91 Å². The minimum absolute atomic E-state index is 0.192. The maximum Gasteiger partial charge on any atom is 0.319 e. The largest absolute Gasteiger partial charge is 0.488 e. The third-order valence-electron chi connectivity index (χ3n) is 7.95. The van der Waals surface area contributed by atoms with Crippen LogP contribution in [0.2, 0.25) is 5.02 Å². The van der Waals surface area contributed by atoms with Gasteiger partial charge in [-0.3, -0.25) is 19.7 Å². The molecule has 2 aliphatic rings. The van der Waals surface area contributed by atoms with Gasteiger partial charge in [0.05, 0.1) is 12.2 Å². The third kappa shape index (κ3) is 9.41. The molecule has 0 aromatic heterocycles. The van der Waals surface area contributed by atoms with Crippen molar-refractivity contribution in [3.8, 4) is 5.75 Å². The van der Waals surface area contributed by atoms with E-state index in [1.54, 1.807) is 44.6 Å². The molecule has 3 N–H and O–H groups in total. The van der Waals surface area contributed by atoms with Gasteiger partial charge in [0, 0.05) is 68.9 Å². The van der Waals surface area contributed by atoms with Gasteiger partial charge in [-0.2, -0.15) is 0 Å². The smallest absolute Gasteiger partial charge is 0.319 e. The Hall–Kier alpha value is -3.71. The van der Waals surface area contributed by atoms with Gasteiger partial charge in [0.15, 0.2) is 6.29 Å². The van der Waals surface area contributed by atoms with Crippen LogP contribution in [-0.2, 0) is 36.9 Å². The van der Waals surface area contributed by atoms with E-state index in [0.29, 0.717) is 47.9 Å². The van der Waals surface area contributed by atoms with Crippen molar-refractivity contribution in [1.82, 2.24) is 15.5 Å². The standard InChI is InChI=1S/C33H43ClN4O8/c1-32(2,11-12-45-33(3,4)17-28(43-5)44-6)46-24-15-22(34)14-23(16-24)36-31(42)35-18-20-7-8-25-21(13-20)19-38(30(25)41)26-9-10-27(39)37-29(26)40/h7-8,13-16,26,28H,9-12,17-19H2,1-6H3,(H2,35,36,42)(H,37,39,40). The number of ether oxygens (including phenoxy) is 4. The van der Waals surface area contributed by atoms with E-state index in [-0.39, 0.29) is 37.6 Å². The van der Waals surface area contributed by atoms with Crippen molar-refractivity contribution >= 4 is 41.0 Å². The average molecular weight is 659 g/mol. The predicted molar refractivity (Wildman–Crippen MR) is 172 cm³/mol. The number of fused-ring (bicyclic) bond motifs is 1. The van der Waals surface area contributed by atoms with E-state index in [9.17, 15) is 19.2 Å². The van der Waals surface area contributed by atoms with Crippen molar-refractivity contribution in [2.75, 3.05) is 26.1 Å². The number of carbonyl (C=O) groups excluding carboxylic acids is 4. The van der Waals surface area contributed by atoms with Gasteiger partial charge in [-0.25, -0.2) is 4.79 Å². The summed E-state index contributed by atoms with van der Waals surface area (Å²) in [6.45, 7) is 8.77. The summed E-state index contributed by atoms with van der Waals surface area (Å²) in [5.74, 6) is -0.539. The highest BCUT2D eigenvalue weighted by Crippen LogP contribution is 2.30. The summed E-state index contributed by atoms with van der Waals surface area (Å²) < 4.78 is 22.9. The second-order valence-electron chi connectivity index (χ2n) is 12.7. The van der Waals surface area contributed by atoms with Crippen LogP contribution in [0.1, 0.15) is 74.9 Å². The average Bonchev–Trinajstić information content (AvgIpc) is 3.29. The summed E-state index contributed by atoms with van der Waals surface area (Å²) in [5, 5.41) is 8.31.